The third-order valence-electron chi connectivity index (χ3n) is 2.43. The van der Waals surface area contributed by atoms with Crippen LogP contribution in [0.4, 0.5) is 10.1 Å². The third-order valence-corrected chi connectivity index (χ3v) is 2.43. The van der Waals surface area contributed by atoms with E-state index in [4.69, 9.17) is 4.74 Å². The van der Waals surface area contributed by atoms with Gasteiger partial charge >= 0.3 is 0 Å². The quantitative estimate of drug-likeness (QED) is 0.611. The highest BCUT2D eigenvalue weighted by molar-refractivity contribution is 5.46. The van der Waals surface area contributed by atoms with E-state index in [1.165, 1.54) is 30.3 Å². The van der Waals surface area contributed by atoms with Gasteiger partial charge in [-0.25, -0.2) is 4.39 Å². The highest BCUT2D eigenvalue weighted by Crippen LogP contribution is 2.27. The number of halogens is 1. The topological polar surface area (TPSA) is 52.4 Å². The number of nitro benzene ring substituents is 1. The van der Waals surface area contributed by atoms with Gasteiger partial charge in [-0.15, -0.1) is 0 Å². The number of ether oxygens (including phenoxy) is 1. The minimum atomic E-state index is -0.465. The summed E-state index contributed by atoms with van der Waals surface area (Å²) in [7, 11) is 0. The second kappa shape index (κ2) is 4.83. The molecule has 0 fully saturated rings. The Labute approximate surface area is 103 Å². The maximum absolute atomic E-state index is 12.7. The lowest BCUT2D eigenvalue weighted by molar-refractivity contribution is -0.385. The van der Waals surface area contributed by atoms with Gasteiger partial charge in [-0.2, -0.15) is 0 Å². The van der Waals surface area contributed by atoms with E-state index in [0.29, 0.717) is 17.1 Å². The molecule has 2 aromatic rings. The summed E-state index contributed by atoms with van der Waals surface area (Å²) in [6.07, 6.45) is 0. The summed E-state index contributed by atoms with van der Waals surface area (Å²) in [4.78, 5) is 10.3. The first kappa shape index (κ1) is 12.0. The molecule has 0 aliphatic heterocycles. The zero-order chi connectivity index (χ0) is 13.1. The average Bonchev–Trinajstić information content (AvgIpc) is 2.34. The molecule has 0 saturated heterocycles. The average molecular weight is 247 g/mol. The Morgan fingerprint density at radius 1 is 1.11 bits per heavy atom. The van der Waals surface area contributed by atoms with E-state index in [9.17, 15) is 14.5 Å². The molecule has 0 heterocycles. The van der Waals surface area contributed by atoms with Crippen LogP contribution in [0.5, 0.6) is 11.5 Å². The lowest BCUT2D eigenvalue weighted by atomic mass is 10.2. The molecule has 0 spiro atoms. The van der Waals surface area contributed by atoms with E-state index >= 15 is 0 Å². The van der Waals surface area contributed by atoms with Gasteiger partial charge in [0.25, 0.3) is 5.69 Å². The predicted molar refractivity (Wildman–Crippen MR) is 64.3 cm³/mol. The highest BCUT2D eigenvalue weighted by atomic mass is 19.1. The Hall–Kier alpha value is -2.43. The summed E-state index contributed by atoms with van der Waals surface area (Å²) in [5.74, 6) is 0.408. The van der Waals surface area contributed by atoms with Crippen LogP contribution in [0.1, 0.15) is 5.56 Å². The van der Waals surface area contributed by atoms with E-state index in [0.717, 1.165) is 0 Å². The maximum Gasteiger partial charge on any atom is 0.276 e. The largest absolute Gasteiger partial charge is 0.457 e. The van der Waals surface area contributed by atoms with Crippen LogP contribution < -0.4 is 4.74 Å². The first-order valence-corrected chi connectivity index (χ1v) is 5.25. The SMILES string of the molecule is Cc1ccc(Oc2ccc(F)cc2)cc1[N+](=O)[O-]. The number of benzene rings is 2. The van der Waals surface area contributed by atoms with Crippen molar-refractivity contribution in [2.75, 3.05) is 0 Å². The fourth-order valence-electron chi connectivity index (χ4n) is 1.49. The number of nitro groups is 1. The lowest BCUT2D eigenvalue weighted by Gasteiger charge is -2.06. The summed E-state index contributed by atoms with van der Waals surface area (Å²) in [5, 5.41) is 10.8. The van der Waals surface area contributed by atoms with Crippen molar-refractivity contribution in [3.05, 3.63) is 64.0 Å². The molecule has 0 atom stereocenters. The molecule has 5 heteroatoms. The first-order valence-electron chi connectivity index (χ1n) is 5.25. The number of hydrogen-bond donors (Lipinski definition) is 0. The van der Waals surface area contributed by atoms with Gasteiger partial charge in [-0.05, 0) is 43.3 Å². The third kappa shape index (κ3) is 2.63. The Morgan fingerprint density at radius 3 is 2.33 bits per heavy atom. The van der Waals surface area contributed by atoms with Crippen LogP contribution in [0.3, 0.4) is 0 Å². The zero-order valence-electron chi connectivity index (χ0n) is 9.59. The molecule has 18 heavy (non-hydrogen) atoms. The molecule has 0 unspecified atom stereocenters. The molecular weight excluding hydrogens is 237 g/mol. The molecule has 92 valence electrons. The lowest BCUT2D eigenvalue weighted by Crippen LogP contribution is -1.92. The Morgan fingerprint density at radius 2 is 1.72 bits per heavy atom. The number of aryl methyl sites for hydroxylation is 1. The van der Waals surface area contributed by atoms with Crippen LogP contribution in [0.2, 0.25) is 0 Å². The Bertz CT molecular complexity index is 581. The second-order valence-corrected chi connectivity index (χ2v) is 3.76. The molecule has 0 aliphatic rings. The number of rotatable bonds is 3. The highest BCUT2D eigenvalue weighted by Gasteiger charge is 2.11. The van der Waals surface area contributed by atoms with Crippen molar-refractivity contribution in [2.45, 2.75) is 6.92 Å². The van der Waals surface area contributed by atoms with E-state index in [1.54, 1.807) is 19.1 Å². The monoisotopic (exact) mass is 247 g/mol. The van der Waals surface area contributed by atoms with E-state index < -0.39 is 4.92 Å². The number of hydrogen-bond acceptors (Lipinski definition) is 3. The van der Waals surface area contributed by atoms with Crippen LogP contribution >= 0.6 is 0 Å². The molecule has 2 aromatic carbocycles. The molecule has 0 N–H and O–H groups in total. The standard InChI is InChI=1S/C13H10FNO3/c1-9-2-5-12(8-13(9)15(16)17)18-11-6-3-10(14)4-7-11/h2-8H,1H3. The van der Waals surface area contributed by atoms with Crippen molar-refractivity contribution in [1.82, 2.24) is 0 Å². The van der Waals surface area contributed by atoms with Crippen molar-refractivity contribution < 1.29 is 14.1 Å². The molecular formula is C13H10FNO3. The Balaban J connectivity index is 2.27. The maximum atomic E-state index is 12.7. The van der Waals surface area contributed by atoms with Crippen LogP contribution in [-0.2, 0) is 0 Å². The van der Waals surface area contributed by atoms with E-state index in [1.807, 2.05) is 0 Å². The predicted octanol–water partition coefficient (Wildman–Crippen LogP) is 3.83. The Kier molecular flexibility index (Phi) is 3.23. The zero-order valence-corrected chi connectivity index (χ0v) is 9.59. The van der Waals surface area contributed by atoms with Crippen LogP contribution in [0.25, 0.3) is 0 Å². The van der Waals surface area contributed by atoms with Crippen molar-refractivity contribution in [2.24, 2.45) is 0 Å². The molecule has 0 amide bonds. The molecule has 4 nitrogen and oxygen atoms in total. The molecule has 0 radical (unpaired) electrons. The van der Waals surface area contributed by atoms with Crippen molar-refractivity contribution in [1.29, 1.82) is 0 Å². The van der Waals surface area contributed by atoms with Gasteiger partial charge in [-0.1, -0.05) is 0 Å². The summed E-state index contributed by atoms with van der Waals surface area (Å²) < 4.78 is 18.1. The van der Waals surface area contributed by atoms with Gasteiger partial charge in [0.1, 0.15) is 17.3 Å². The molecule has 0 bridgehead atoms. The molecule has 2 rings (SSSR count). The molecule has 0 saturated carbocycles. The van der Waals surface area contributed by atoms with Crippen molar-refractivity contribution in [3.63, 3.8) is 0 Å². The van der Waals surface area contributed by atoms with Gasteiger partial charge in [0.15, 0.2) is 0 Å². The van der Waals surface area contributed by atoms with Crippen molar-refractivity contribution >= 4 is 5.69 Å². The minimum absolute atomic E-state index is 0.00499. The smallest absolute Gasteiger partial charge is 0.276 e. The van der Waals surface area contributed by atoms with E-state index in [-0.39, 0.29) is 11.5 Å². The summed E-state index contributed by atoms with van der Waals surface area (Å²) in [6, 6.07) is 10.0. The van der Waals surface area contributed by atoms with E-state index in [2.05, 4.69) is 0 Å². The van der Waals surface area contributed by atoms with Crippen LogP contribution in [-0.4, -0.2) is 4.92 Å². The molecule has 0 aliphatic carbocycles. The van der Waals surface area contributed by atoms with Crippen LogP contribution in [0, 0.1) is 22.9 Å². The van der Waals surface area contributed by atoms with Gasteiger partial charge < -0.3 is 4.74 Å². The fraction of sp³-hybridized carbons (Fsp3) is 0.0769. The van der Waals surface area contributed by atoms with Gasteiger partial charge in [0.2, 0.25) is 0 Å². The first-order chi connectivity index (χ1) is 8.56. The van der Waals surface area contributed by atoms with Crippen LogP contribution in [0.15, 0.2) is 42.5 Å². The summed E-state index contributed by atoms with van der Waals surface area (Å²) in [6.45, 7) is 1.65. The normalized spacial score (nSPS) is 10.1. The summed E-state index contributed by atoms with van der Waals surface area (Å²) in [5.41, 5.74) is 0.557. The second-order valence-electron chi connectivity index (χ2n) is 3.76. The van der Waals surface area contributed by atoms with Gasteiger partial charge in [0.05, 0.1) is 11.0 Å². The summed E-state index contributed by atoms with van der Waals surface area (Å²) >= 11 is 0. The fourth-order valence-corrected chi connectivity index (χ4v) is 1.49. The van der Waals surface area contributed by atoms with Gasteiger partial charge in [-0.3, -0.25) is 10.1 Å². The molecule has 0 aromatic heterocycles. The minimum Gasteiger partial charge on any atom is -0.457 e. The van der Waals surface area contributed by atoms with Gasteiger partial charge in [0, 0.05) is 5.56 Å². The number of nitrogens with zero attached hydrogens (tertiary/aromatic N) is 1. The van der Waals surface area contributed by atoms with Crippen molar-refractivity contribution in [3.8, 4) is 11.5 Å².